The maximum Gasteiger partial charge on any atom is 0.243 e. The number of benzene rings is 2. The van der Waals surface area contributed by atoms with E-state index in [0.717, 1.165) is 35.5 Å². The van der Waals surface area contributed by atoms with Gasteiger partial charge in [0.25, 0.3) is 0 Å². The van der Waals surface area contributed by atoms with E-state index >= 15 is 0 Å². The summed E-state index contributed by atoms with van der Waals surface area (Å²) in [5, 5.41) is 12.2. The number of anilines is 1. The van der Waals surface area contributed by atoms with Crippen LogP contribution in [-0.4, -0.2) is 50.8 Å². The summed E-state index contributed by atoms with van der Waals surface area (Å²) in [5.41, 5.74) is 4.00. The molecule has 1 N–H and O–H groups in total. The summed E-state index contributed by atoms with van der Waals surface area (Å²) in [4.78, 5) is 26.3. The van der Waals surface area contributed by atoms with Crippen LogP contribution in [0.25, 0.3) is 11.4 Å². The van der Waals surface area contributed by atoms with Crippen LogP contribution in [-0.2, 0) is 16.1 Å². The zero-order valence-electron chi connectivity index (χ0n) is 19.0. The van der Waals surface area contributed by atoms with Gasteiger partial charge in [0.2, 0.25) is 11.8 Å². The fraction of sp³-hybridized carbons (Fsp3) is 0.333. The van der Waals surface area contributed by atoms with E-state index < -0.39 is 0 Å². The van der Waals surface area contributed by atoms with E-state index in [0.29, 0.717) is 10.8 Å². The zero-order chi connectivity index (χ0) is 23.1. The minimum atomic E-state index is -0.231. The first kappa shape index (κ1) is 23.5. The van der Waals surface area contributed by atoms with Crippen molar-refractivity contribution in [3.8, 4) is 11.4 Å². The smallest absolute Gasteiger partial charge is 0.243 e. The zero-order valence-corrected chi connectivity index (χ0v) is 19.8. The van der Waals surface area contributed by atoms with Crippen LogP contribution in [0.15, 0.2) is 53.7 Å². The summed E-state index contributed by atoms with van der Waals surface area (Å²) >= 11 is 1.34. The van der Waals surface area contributed by atoms with Gasteiger partial charge in [0, 0.05) is 24.8 Å². The van der Waals surface area contributed by atoms with Gasteiger partial charge in [0.05, 0.1) is 12.3 Å². The quantitative estimate of drug-likeness (QED) is 0.494. The molecule has 0 aliphatic heterocycles. The van der Waals surface area contributed by atoms with Crippen LogP contribution in [0.3, 0.4) is 0 Å². The number of amides is 2. The van der Waals surface area contributed by atoms with Gasteiger partial charge in [0.1, 0.15) is 0 Å². The second-order valence-corrected chi connectivity index (χ2v) is 8.72. The summed E-state index contributed by atoms with van der Waals surface area (Å²) in [6, 6.07) is 15.7. The van der Waals surface area contributed by atoms with Crippen molar-refractivity contribution < 1.29 is 9.59 Å². The summed E-state index contributed by atoms with van der Waals surface area (Å²) in [6.45, 7) is 6.88. The number of carbonyl (C=O) groups excluding carboxylic acids is 2. The van der Waals surface area contributed by atoms with Crippen molar-refractivity contribution in [2.75, 3.05) is 24.7 Å². The normalized spacial score (nSPS) is 10.8. The predicted molar refractivity (Wildman–Crippen MR) is 129 cm³/mol. The average molecular weight is 452 g/mol. The lowest BCUT2D eigenvalue weighted by Gasteiger charge is -2.17. The van der Waals surface area contributed by atoms with Crippen molar-refractivity contribution in [3.05, 3.63) is 59.7 Å². The number of nitrogens with one attached hydrogen (secondary N) is 1. The molecule has 3 aromatic rings. The van der Waals surface area contributed by atoms with Crippen LogP contribution in [0.5, 0.6) is 0 Å². The Morgan fingerprint density at radius 2 is 1.81 bits per heavy atom. The minimum absolute atomic E-state index is 0.0105. The van der Waals surface area contributed by atoms with E-state index in [4.69, 9.17) is 0 Å². The molecule has 1 heterocycles. The minimum Gasteiger partial charge on any atom is -0.336 e. The molecule has 3 rings (SSSR count). The van der Waals surface area contributed by atoms with Crippen molar-refractivity contribution in [1.82, 2.24) is 19.7 Å². The summed E-state index contributed by atoms with van der Waals surface area (Å²) in [5.74, 6) is 0.614. The van der Waals surface area contributed by atoms with Crippen LogP contribution in [0.4, 0.5) is 5.69 Å². The van der Waals surface area contributed by atoms with Gasteiger partial charge in [-0.25, -0.2) is 0 Å². The number of hydrogen-bond acceptors (Lipinski definition) is 5. The average Bonchev–Trinajstić information content (AvgIpc) is 3.16. The van der Waals surface area contributed by atoms with Gasteiger partial charge in [-0.15, -0.1) is 10.2 Å². The van der Waals surface area contributed by atoms with Gasteiger partial charge in [-0.05, 0) is 38.5 Å². The highest BCUT2D eigenvalue weighted by atomic mass is 32.2. The maximum absolute atomic E-state index is 12.6. The van der Waals surface area contributed by atoms with Gasteiger partial charge in [-0.3, -0.25) is 9.59 Å². The van der Waals surface area contributed by atoms with Crippen LogP contribution >= 0.6 is 11.8 Å². The second-order valence-electron chi connectivity index (χ2n) is 7.78. The lowest BCUT2D eigenvalue weighted by molar-refractivity contribution is -0.131. The number of aromatic nitrogens is 3. The Balaban J connectivity index is 1.60. The molecule has 0 fully saturated rings. The Bertz CT molecular complexity index is 1080. The van der Waals surface area contributed by atoms with Gasteiger partial charge in [0.15, 0.2) is 11.0 Å². The lowest BCUT2D eigenvalue weighted by Crippen LogP contribution is -2.36. The van der Waals surface area contributed by atoms with Gasteiger partial charge >= 0.3 is 0 Å². The van der Waals surface area contributed by atoms with E-state index in [1.54, 1.807) is 7.05 Å². The molecule has 2 amide bonds. The molecule has 0 saturated heterocycles. The van der Waals surface area contributed by atoms with Crippen LogP contribution < -0.4 is 5.32 Å². The number of aryl methyl sites for hydroxylation is 2. The van der Waals surface area contributed by atoms with Crippen molar-refractivity contribution in [2.45, 2.75) is 38.9 Å². The molecular formula is C24H29N5O2S. The fourth-order valence-corrected chi connectivity index (χ4v) is 4.10. The molecule has 0 spiro atoms. The first-order valence-corrected chi connectivity index (χ1v) is 11.6. The molecule has 32 heavy (non-hydrogen) atoms. The molecule has 0 bridgehead atoms. The summed E-state index contributed by atoms with van der Waals surface area (Å²) in [6.07, 6.45) is 0.928. The summed E-state index contributed by atoms with van der Waals surface area (Å²) in [7, 11) is 1.63. The van der Waals surface area contributed by atoms with Crippen molar-refractivity contribution in [2.24, 2.45) is 0 Å². The first-order chi connectivity index (χ1) is 15.4. The number of hydrogen-bond donors (Lipinski definition) is 1. The van der Waals surface area contributed by atoms with E-state index in [9.17, 15) is 9.59 Å². The molecule has 1 aromatic heterocycles. The topological polar surface area (TPSA) is 80.1 Å². The third-order valence-electron chi connectivity index (χ3n) is 4.91. The van der Waals surface area contributed by atoms with Crippen LogP contribution in [0.1, 0.15) is 24.5 Å². The van der Waals surface area contributed by atoms with Crippen molar-refractivity contribution in [3.63, 3.8) is 0 Å². The largest absolute Gasteiger partial charge is 0.336 e. The SMILES string of the molecule is CCCn1c(SCC(=O)N(C)CC(=O)Nc2ccc(C)cc2)nnc1-c1cccc(C)c1. The fourth-order valence-electron chi connectivity index (χ4n) is 3.20. The molecule has 0 aliphatic rings. The number of carbonyl (C=O) groups is 2. The van der Waals surface area contributed by atoms with Gasteiger partial charge in [-0.1, -0.05) is 60.1 Å². The van der Waals surface area contributed by atoms with E-state index in [2.05, 4.69) is 33.1 Å². The predicted octanol–water partition coefficient (Wildman–Crippen LogP) is 4.16. The second kappa shape index (κ2) is 10.9. The first-order valence-electron chi connectivity index (χ1n) is 10.6. The third-order valence-corrected chi connectivity index (χ3v) is 5.86. The van der Waals surface area contributed by atoms with Crippen molar-refractivity contribution >= 4 is 29.3 Å². The summed E-state index contributed by atoms with van der Waals surface area (Å²) < 4.78 is 2.05. The Morgan fingerprint density at radius 1 is 1.06 bits per heavy atom. The Labute approximate surface area is 193 Å². The van der Waals surface area contributed by atoms with Crippen LogP contribution in [0, 0.1) is 13.8 Å². The Morgan fingerprint density at radius 3 is 2.50 bits per heavy atom. The van der Waals surface area contributed by atoms with Gasteiger partial charge < -0.3 is 14.8 Å². The Kier molecular flexibility index (Phi) is 8.05. The molecule has 0 atom stereocenters. The van der Waals surface area contributed by atoms with Crippen molar-refractivity contribution in [1.29, 1.82) is 0 Å². The molecule has 0 radical (unpaired) electrons. The molecule has 0 unspecified atom stereocenters. The molecule has 0 saturated carbocycles. The lowest BCUT2D eigenvalue weighted by atomic mass is 10.1. The highest BCUT2D eigenvalue weighted by Gasteiger charge is 2.18. The number of rotatable bonds is 9. The molecule has 2 aromatic carbocycles. The van der Waals surface area contributed by atoms with E-state index in [1.165, 1.54) is 16.7 Å². The molecule has 7 nitrogen and oxygen atoms in total. The number of nitrogens with zero attached hydrogens (tertiary/aromatic N) is 4. The van der Waals surface area contributed by atoms with E-state index in [-0.39, 0.29) is 24.1 Å². The third kappa shape index (κ3) is 6.20. The molecule has 168 valence electrons. The number of likely N-dealkylation sites (N-methyl/N-ethyl adjacent to an activating group) is 1. The number of thioether (sulfide) groups is 1. The standard InChI is InChI=1S/C24H29N5O2S/c1-5-13-29-23(19-8-6-7-18(3)14-19)26-27-24(29)32-16-22(31)28(4)15-21(30)25-20-11-9-17(2)10-12-20/h6-12,14H,5,13,15-16H2,1-4H3,(H,25,30). The highest BCUT2D eigenvalue weighted by molar-refractivity contribution is 7.99. The monoisotopic (exact) mass is 451 g/mol. The maximum atomic E-state index is 12.6. The van der Waals surface area contributed by atoms with E-state index in [1.807, 2.05) is 56.3 Å². The van der Waals surface area contributed by atoms with Crippen LogP contribution in [0.2, 0.25) is 0 Å². The highest BCUT2D eigenvalue weighted by Crippen LogP contribution is 2.25. The molecular weight excluding hydrogens is 422 g/mol. The van der Waals surface area contributed by atoms with Gasteiger partial charge in [-0.2, -0.15) is 0 Å². The molecule has 8 heteroatoms. The Hall–Kier alpha value is -3.13. The molecule has 0 aliphatic carbocycles.